The normalized spacial score (nSPS) is 19.0. The smallest absolute Gasteiger partial charge is 0.271 e. The molecule has 1 fully saturated rings. The third-order valence-electron chi connectivity index (χ3n) is 4.95. The van der Waals surface area contributed by atoms with E-state index in [0.717, 1.165) is 10.2 Å². The van der Waals surface area contributed by atoms with Gasteiger partial charge in [-0.2, -0.15) is 0 Å². The molecule has 1 saturated heterocycles. The summed E-state index contributed by atoms with van der Waals surface area (Å²) in [7, 11) is -5.23. The maximum Gasteiger partial charge on any atom is 0.271 e. The van der Waals surface area contributed by atoms with E-state index in [-0.39, 0.29) is 28.4 Å². The van der Waals surface area contributed by atoms with Crippen molar-refractivity contribution in [2.75, 3.05) is 11.5 Å². The molecule has 1 atom stereocenters. The predicted molar refractivity (Wildman–Crippen MR) is 118 cm³/mol. The van der Waals surface area contributed by atoms with Gasteiger partial charge < -0.3 is 4.57 Å². The third kappa shape index (κ3) is 4.71. The molecule has 2 aromatic carbocycles. The highest BCUT2D eigenvalue weighted by molar-refractivity contribution is 7.92. The summed E-state index contributed by atoms with van der Waals surface area (Å²) in [6, 6.07) is 12.5. The molecule has 1 aliphatic heterocycles. The number of benzene rings is 2. The molecule has 0 aliphatic carbocycles. The van der Waals surface area contributed by atoms with Crippen LogP contribution in [0.3, 0.4) is 0 Å². The van der Waals surface area contributed by atoms with E-state index in [1.807, 2.05) is 35.9 Å². The summed E-state index contributed by atoms with van der Waals surface area (Å²) in [5.74, 6) is -0.708. The first-order valence-corrected chi connectivity index (χ1v) is 13.5. The second-order valence-corrected chi connectivity index (χ2v) is 12.2. The van der Waals surface area contributed by atoms with Crippen LogP contribution in [-0.4, -0.2) is 44.9 Å². The summed E-state index contributed by atoms with van der Waals surface area (Å²) in [5.41, 5.74) is 3.73. The number of carbonyl (C=O) groups excluding carboxylic acids is 1. The molecule has 2 heterocycles. The number of aryl methyl sites for hydroxylation is 1. The Bertz CT molecular complexity index is 1420. The number of fused-ring (bicyclic) bond motifs is 1. The molecule has 2 N–H and O–H groups in total. The number of thiazole rings is 1. The molecule has 31 heavy (non-hydrogen) atoms. The van der Waals surface area contributed by atoms with Crippen molar-refractivity contribution >= 4 is 47.3 Å². The minimum absolute atomic E-state index is 0.0274. The summed E-state index contributed by atoms with van der Waals surface area (Å²) in [5, 5.41) is 4.17. The molecule has 1 aliphatic rings. The van der Waals surface area contributed by atoms with Gasteiger partial charge in [0.15, 0.2) is 9.84 Å². The Kier molecular flexibility index (Phi) is 5.73. The van der Waals surface area contributed by atoms with Crippen molar-refractivity contribution in [1.29, 1.82) is 0 Å². The van der Waals surface area contributed by atoms with Crippen LogP contribution >= 0.6 is 11.3 Å². The predicted octanol–water partition coefficient (Wildman–Crippen LogP) is 0.951. The first-order valence-electron chi connectivity index (χ1n) is 9.36. The summed E-state index contributed by atoms with van der Waals surface area (Å²) >= 11 is 1.43. The fraction of sp³-hybridized carbons (Fsp3) is 0.263. The van der Waals surface area contributed by atoms with Gasteiger partial charge in [0, 0.05) is 18.7 Å². The van der Waals surface area contributed by atoms with Crippen LogP contribution in [0.25, 0.3) is 10.2 Å². The first-order chi connectivity index (χ1) is 14.6. The van der Waals surface area contributed by atoms with E-state index in [1.165, 1.54) is 35.6 Å². The van der Waals surface area contributed by atoms with Gasteiger partial charge in [0.25, 0.3) is 5.91 Å². The van der Waals surface area contributed by atoms with Gasteiger partial charge in [-0.1, -0.05) is 23.5 Å². The first kappa shape index (κ1) is 21.7. The summed E-state index contributed by atoms with van der Waals surface area (Å²) in [6.07, 6.45) is 0.249. The van der Waals surface area contributed by atoms with Crippen LogP contribution in [-0.2, 0) is 26.9 Å². The Balaban J connectivity index is 1.47. The van der Waals surface area contributed by atoms with E-state index in [4.69, 9.17) is 0 Å². The average molecular weight is 481 g/mol. The second-order valence-electron chi connectivity index (χ2n) is 7.21. The number of aromatic nitrogens is 1. The van der Waals surface area contributed by atoms with E-state index in [1.54, 1.807) is 0 Å². The van der Waals surface area contributed by atoms with E-state index < -0.39 is 31.8 Å². The van der Waals surface area contributed by atoms with E-state index in [0.29, 0.717) is 4.80 Å². The van der Waals surface area contributed by atoms with Gasteiger partial charge in [0.2, 0.25) is 14.8 Å². The summed E-state index contributed by atoms with van der Waals surface area (Å²) < 4.78 is 53.4. The van der Waals surface area contributed by atoms with Crippen LogP contribution in [0.1, 0.15) is 16.8 Å². The van der Waals surface area contributed by atoms with Gasteiger partial charge in [-0.05, 0) is 42.8 Å². The quantitative estimate of drug-likeness (QED) is 0.526. The number of nitrogens with one attached hydrogen (secondary N) is 2. The molecule has 0 bridgehead atoms. The Labute approximate surface area is 183 Å². The Morgan fingerprint density at radius 1 is 1.16 bits per heavy atom. The number of hydrogen-bond acceptors (Lipinski definition) is 7. The molecule has 3 aromatic rings. The van der Waals surface area contributed by atoms with Crippen LogP contribution in [0.2, 0.25) is 0 Å². The van der Waals surface area contributed by atoms with Crippen molar-refractivity contribution in [2.24, 2.45) is 12.1 Å². The standard InChI is InChI=1S/C19H20N4O5S3/c1-23-16-4-2-3-5-17(16)29-19(23)21-20-18(24)13-6-8-15(9-7-13)31(27,28)22-14-10-11-30(25,26)12-14/h2-9,14,22H,10-12H2,1H3,(H,20,24)/b21-19-. The molecule has 1 amide bonds. The lowest BCUT2D eigenvalue weighted by atomic mass is 10.2. The van der Waals surface area contributed by atoms with Crippen LogP contribution in [0.5, 0.6) is 0 Å². The van der Waals surface area contributed by atoms with Crippen molar-refractivity contribution in [3.8, 4) is 0 Å². The third-order valence-corrected chi connectivity index (χ3v) is 9.37. The second kappa shape index (κ2) is 8.19. The Hall–Kier alpha value is -2.54. The minimum Gasteiger partial charge on any atom is -0.318 e. The molecule has 0 spiro atoms. The highest BCUT2D eigenvalue weighted by Gasteiger charge is 2.31. The number of sulfonamides is 1. The van der Waals surface area contributed by atoms with Crippen molar-refractivity contribution in [1.82, 2.24) is 14.7 Å². The Morgan fingerprint density at radius 3 is 2.52 bits per heavy atom. The van der Waals surface area contributed by atoms with Crippen LogP contribution < -0.4 is 14.9 Å². The van der Waals surface area contributed by atoms with Crippen molar-refractivity contribution in [2.45, 2.75) is 17.4 Å². The van der Waals surface area contributed by atoms with Gasteiger partial charge in [-0.3, -0.25) is 4.79 Å². The summed E-state index contributed by atoms with van der Waals surface area (Å²) in [4.78, 5) is 13.0. The van der Waals surface area contributed by atoms with E-state index >= 15 is 0 Å². The molecular formula is C19H20N4O5S3. The molecule has 1 unspecified atom stereocenters. The number of amides is 1. The lowest BCUT2D eigenvalue weighted by Crippen LogP contribution is -2.35. The van der Waals surface area contributed by atoms with Crippen LogP contribution in [0, 0.1) is 0 Å². The molecular weight excluding hydrogens is 460 g/mol. The van der Waals surface area contributed by atoms with Crippen molar-refractivity contribution < 1.29 is 21.6 Å². The minimum atomic E-state index is -3.88. The average Bonchev–Trinajstić information content (AvgIpc) is 3.24. The number of rotatable bonds is 5. The SMILES string of the molecule is Cn1/c(=N/NC(=O)c2ccc(S(=O)(=O)NC3CCS(=O)(=O)C3)cc2)sc2ccccc21. The molecule has 1 aromatic heterocycles. The molecule has 9 nitrogen and oxygen atoms in total. The van der Waals surface area contributed by atoms with Gasteiger partial charge in [-0.25, -0.2) is 27.0 Å². The maximum absolute atomic E-state index is 12.5. The zero-order valence-electron chi connectivity index (χ0n) is 16.5. The number of para-hydroxylation sites is 1. The van der Waals surface area contributed by atoms with E-state index in [9.17, 15) is 21.6 Å². The summed E-state index contributed by atoms with van der Waals surface area (Å²) in [6.45, 7) is 0. The van der Waals surface area contributed by atoms with Crippen molar-refractivity contribution in [3.63, 3.8) is 0 Å². The lowest BCUT2D eigenvalue weighted by molar-refractivity contribution is 0.0953. The molecule has 0 saturated carbocycles. The topological polar surface area (TPSA) is 127 Å². The van der Waals surface area contributed by atoms with Gasteiger partial charge in [0.05, 0.1) is 26.6 Å². The van der Waals surface area contributed by atoms with Crippen molar-refractivity contribution in [3.05, 3.63) is 58.9 Å². The maximum atomic E-state index is 12.5. The largest absolute Gasteiger partial charge is 0.318 e. The molecule has 12 heteroatoms. The van der Waals surface area contributed by atoms with Gasteiger partial charge in [-0.15, -0.1) is 5.10 Å². The highest BCUT2D eigenvalue weighted by Crippen LogP contribution is 2.17. The Morgan fingerprint density at radius 2 is 1.87 bits per heavy atom. The van der Waals surface area contributed by atoms with Crippen LogP contribution in [0.4, 0.5) is 0 Å². The zero-order chi connectivity index (χ0) is 22.2. The fourth-order valence-electron chi connectivity index (χ4n) is 3.31. The van der Waals surface area contributed by atoms with Crippen LogP contribution in [0.15, 0.2) is 58.5 Å². The van der Waals surface area contributed by atoms with E-state index in [2.05, 4.69) is 15.2 Å². The highest BCUT2D eigenvalue weighted by atomic mass is 32.2. The fourth-order valence-corrected chi connectivity index (χ4v) is 7.34. The zero-order valence-corrected chi connectivity index (χ0v) is 18.9. The lowest BCUT2D eigenvalue weighted by Gasteiger charge is -2.11. The molecule has 164 valence electrons. The number of nitrogens with zero attached hydrogens (tertiary/aromatic N) is 2. The number of carbonyl (C=O) groups is 1. The monoisotopic (exact) mass is 480 g/mol. The molecule has 0 radical (unpaired) electrons. The molecule has 4 rings (SSSR count). The van der Waals surface area contributed by atoms with Gasteiger partial charge >= 0.3 is 0 Å². The number of hydrogen-bond donors (Lipinski definition) is 2. The van der Waals surface area contributed by atoms with Gasteiger partial charge in [0.1, 0.15) is 0 Å². The number of sulfone groups is 1.